The third-order valence-corrected chi connectivity index (χ3v) is 5.48. The molecule has 104 valence electrons. The zero-order valence-corrected chi connectivity index (χ0v) is 11.2. The minimum atomic E-state index is -3.26. The standard InChI is InChI=1S/C11H20N2O4S/c14-11(15)2-1-9-18(16,17)13-7-5-12(6-8-13)10-3-4-10/h10H,1-9H2,(H,14,15). The van der Waals surface area contributed by atoms with Crippen molar-refractivity contribution in [3.63, 3.8) is 0 Å². The van der Waals surface area contributed by atoms with E-state index in [9.17, 15) is 13.2 Å². The average Bonchev–Trinajstić information content (AvgIpc) is 3.12. The maximum absolute atomic E-state index is 12.0. The van der Waals surface area contributed by atoms with Crippen LogP contribution in [0.5, 0.6) is 0 Å². The zero-order valence-electron chi connectivity index (χ0n) is 10.4. The second-order valence-electron chi connectivity index (χ2n) is 4.98. The van der Waals surface area contributed by atoms with E-state index in [4.69, 9.17) is 5.11 Å². The molecule has 7 heteroatoms. The van der Waals surface area contributed by atoms with Crippen molar-refractivity contribution in [2.45, 2.75) is 31.7 Å². The monoisotopic (exact) mass is 276 g/mol. The molecule has 1 saturated heterocycles. The van der Waals surface area contributed by atoms with Gasteiger partial charge in [0.2, 0.25) is 10.0 Å². The van der Waals surface area contributed by atoms with Crippen LogP contribution in [0.15, 0.2) is 0 Å². The Kier molecular flexibility index (Phi) is 4.24. The van der Waals surface area contributed by atoms with Gasteiger partial charge in [-0.05, 0) is 19.3 Å². The van der Waals surface area contributed by atoms with Gasteiger partial charge >= 0.3 is 5.97 Å². The molecule has 0 bridgehead atoms. The number of hydrogen-bond acceptors (Lipinski definition) is 4. The average molecular weight is 276 g/mol. The molecule has 0 aromatic heterocycles. The number of carboxylic acid groups (broad SMARTS) is 1. The summed E-state index contributed by atoms with van der Waals surface area (Å²) in [5.74, 6) is -0.994. The highest BCUT2D eigenvalue weighted by molar-refractivity contribution is 7.89. The number of hydrogen-bond donors (Lipinski definition) is 1. The number of sulfonamides is 1. The quantitative estimate of drug-likeness (QED) is 0.736. The van der Waals surface area contributed by atoms with Crippen LogP contribution in [-0.4, -0.2) is 66.7 Å². The largest absolute Gasteiger partial charge is 0.481 e. The Balaban J connectivity index is 1.77. The van der Waals surface area contributed by atoms with Gasteiger partial charge in [0.25, 0.3) is 0 Å². The molecule has 1 aliphatic heterocycles. The first-order valence-electron chi connectivity index (χ1n) is 6.43. The number of rotatable bonds is 6. The molecule has 2 fully saturated rings. The minimum Gasteiger partial charge on any atom is -0.481 e. The SMILES string of the molecule is O=C(O)CCCS(=O)(=O)N1CCN(C2CC2)CC1. The van der Waals surface area contributed by atoms with Gasteiger partial charge in [0.1, 0.15) is 0 Å². The molecule has 0 aromatic rings. The van der Waals surface area contributed by atoms with Gasteiger partial charge in [-0.15, -0.1) is 0 Å². The molecule has 1 aliphatic carbocycles. The van der Waals surface area contributed by atoms with E-state index in [1.54, 1.807) is 0 Å². The molecule has 0 spiro atoms. The highest BCUT2D eigenvalue weighted by Gasteiger charge is 2.34. The summed E-state index contributed by atoms with van der Waals surface area (Å²) in [6.07, 6.45) is 2.60. The molecule has 0 unspecified atom stereocenters. The van der Waals surface area contributed by atoms with Gasteiger partial charge in [0.15, 0.2) is 0 Å². The van der Waals surface area contributed by atoms with E-state index in [0.717, 1.165) is 13.1 Å². The van der Waals surface area contributed by atoms with Crippen molar-refractivity contribution in [2.24, 2.45) is 0 Å². The summed E-state index contributed by atoms with van der Waals surface area (Å²) in [6.45, 7) is 2.71. The molecule has 2 rings (SSSR count). The fraction of sp³-hybridized carbons (Fsp3) is 0.909. The van der Waals surface area contributed by atoms with Gasteiger partial charge in [-0.2, -0.15) is 4.31 Å². The summed E-state index contributed by atoms with van der Waals surface area (Å²) in [4.78, 5) is 12.7. The first-order chi connectivity index (χ1) is 8.49. The van der Waals surface area contributed by atoms with E-state index in [-0.39, 0.29) is 18.6 Å². The van der Waals surface area contributed by atoms with Gasteiger partial charge in [0, 0.05) is 38.6 Å². The second kappa shape index (κ2) is 5.54. The van der Waals surface area contributed by atoms with Crippen molar-refractivity contribution in [3.8, 4) is 0 Å². The molecule has 2 aliphatic rings. The Hall–Kier alpha value is -0.660. The van der Waals surface area contributed by atoms with E-state index in [2.05, 4.69) is 4.90 Å². The van der Waals surface area contributed by atoms with Gasteiger partial charge in [-0.25, -0.2) is 8.42 Å². The molecule has 1 N–H and O–H groups in total. The Morgan fingerprint density at radius 2 is 1.78 bits per heavy atom. The fourth-order valence-electron chi connectivity index (χ4n) is 2.32. The maximum atomic E-state index is 12.0. The lowest BCUT2D eigenvalue weighted by Crippen LogP contribution is -2.49. The van der Waals surface area contributed by atoms with Crippen LogP contribution in [0.1, 0.15) is 25.7 Å². The topological polar surface area (TPSA) is 77.9 Å². The van der Waals surface area contributed by atoms with Crippen molar-refractivity contribution >= 4 is 16.0 Å². The van der Waals surface area contributed by atoms with E-state index < -0.39 is 16.0 Å². The van der Waals surface area contributed by atoms with Gasteiger partial charge in [-0.3, -0.25) is 9.69 Å². The molecule has 0 radical (unpaired) electrons. The summed E-state index contributed by atoms with van der Waals surface area (Å²) in [6, 6.07) is 0.682. The third-order valence-electron chi connectivity index (χ3n) is 3.52. The third kappa shape index (κ3) is 3.66. The lowest BCUT2D eigenvalue weighted by Gasteiger charge is -2.34. The Morgan fingerprint density at radius 1 is 1.17 bits per heavy atom. The van der Waals surface area contributed by atoms with E-state index in [1.807, 2.05) is 0 Å². The number of aliphatic carboxylic acids is 1. The first-order valence-corrected chi connectivity index (χ1v) is 8.03. The first kappa shape index (κ1) is 13.8. The highest BCUT2D eigenvalue weighted by atomic mass is 32.2. The summed E-state index contributed by atoms with van der Waals surface area (Å²) < 4.78 is 25.5. The van der Waals surface area contributed by atoms with Crippen LogP contribution in [0.25, 0.3) is 0 Å². The summed E-state index contributed by atoms with van der Waals surface area (Å²) in [5, 5.41) is 8.51. The summed E-state index contributed by atoms with van der Waals surface area (Å²) in [5.41, 5.74) is 0. The van der Waals surface area contributed by atoms with Crippen molar-refractivity contribution in [2.75, 3.05) is 31.9 Å². The van der Waals surface area contributed by atoms with Crippen LogP contribution in [-0.2, 0) is 14.8 Å². The maximum Gasteiger partial charge on any atom is 0.303 e. The van der Waals surface area contributed by atoms with Crippen molar-refractivity contribution in [1.82, 2.24) is 9.21 Å². The molecule has 1 saturated carbocycles. The van der Waals surface area contributed by atoms with Crippen LogP contribution >= 0.6 is 0 Å². The summed E-state index contributed by atoms with van der Waals surface area (Å²) >= 11 is 0. The van der Waals surface area contributed by atoms with Crippen LogP contribution < -0.4 is 0 Å². The van der Waals surface area contributed by atoms with Crippen molar-refractivity contribution in [1.29, 1.82) is 0 Å². The molecule has 0 amide bonds. The molecule has 0 atom stereocenters. The molecule has 1 heterocycles. The normalized spacial score (nSPS) is 23.1. The highest BCUT2D eigenvalue weighted by Crippen LogP contribution is 2.27. The van der Waals surface area contributed by atoms with Gasteiger partial charge in [0.05, 0.1) is 5.75 Å². The fourth-order valence-corrected chi connectivity index (χ4v) is 3.81. The van der Waals surface area contributed by atoms with Gasteiger partial charge in [-0.1, -0.05) is 0 Å². The molecule has 18 heavy (non-hydrogen) atoms. The van der Waals surface area contributed by atoms with Crippen molar-refractivity contribution < 1.29 is 18.3 Å². The predicted octanol–water partition coefficient (Wildman–Crippen LogP) is -0.0390. The molecule has 6 nitrogen and oxygen atoms in total. The number of piperazine rings is 1. The Bertz CT molecular complexity index is 397. The van der Waals surface area contributed by atoms with Crippen LogP contribution in [0.2, 0.25) is 0 Å². The number of carbonyl (C=O) groups is 1. The van der Waals surface area contributed by atoms with E-state index in [1.165, 1.54) is 17.1 Å². The Morgan fingerprint density at radius 3 is 2.28 bits per heavy atom. The lowest BCUT2D eigenvalue weighted by atomic mass is 10.3. The minimum absolute atomic E-state index is 0.0528. The van der Waals surface area contributed by atoms with Crippen LogP contribution in [0, 0.1) is 0 Å². The van der Waals surface area contributed by atoms with E-state index >= 15 is 0 Å². The van der Waals surface area contributed by atoms with Crippen LogP contribution in [0.4, 0.5) is 0 Å². The van der Waals surface area contributed by atoms with Crippen LogP contribution in [0.3, 0.4) is 0 Å². The molecular weight excluding hydrogens is 256 g/mol. The van der Waals surface area contributed by atoms with Gasteiger partial charge < -0.3 is 5.11 Å². The molecule has 0 aromatic carbocycles. The molecular formula is C11H20N2O4S. The Labute approximate surface area is 108 Å². The number of nitrogens with zero attached hydrogens (tertiary/aromatic N) is 2. The predicted molar refractivity (Wildman–Crippen MR) is 66.8 cm³/mol. The zero-order chi connectivity index (χ0) is 13.2. The number of carboxylic acids is 1. The second-order valence-corrected chi connectivity index (χ2v) is 7.07. The van der Waals surface area contributed by atoms with Crippen molar-refractivity contribution in [3.05, 3.63) is 0 Å². The summed E-state index contributed by atoms with van der Waals surface area (Å²) in [7, 11) is -3.26. The smallest absolute Gasteiger partial charge is 0.303 e. The van der Waals surface area contributed by atoms with E-state index in [0.29, 0.717) is 19.1 Å². The lowest BCUT2D eigenvalue weighted by molar-refractivity contribution is -0.137.